The molecule has 1 heterocycles. The highest BCUT2D eigenvalue weighted by molar-refractivity contribution is 6.01. The van der Waals surface area contributed by atoms with E-state index in [0.717, 1.165) is 18.6 Å². The molecule has 0 aromatic carbocycles. The van der Waals surface area contributed by atoms with Crippen molar-refractivity contribution in [2.45, 2.75) is 25.8 Å². The lowest BCUT2D eigenvalue weighted by Crippen LogP contribution is -2.26. The summed E-state index contributed by atoms with van der Waals surface area (Å²) in [5.74, 6) is 0.963. The third-order valence-electron chi connectivity index (χ3n) is 2.33. The normalized spacial score (nSPS) is 15.6. The summed E-state index contributed by atoms with van der Waals surface area (Å²) in [4.78, 5) is 11.6. The highest BCUT2D eigenvalue weighted by Gasteiger charge is 2.24. The van der Waals surface area contributed by atoms with Gasteiger partial charge in [-0.05, 0) is 31.9 Å². The Balaban J connectivity index is 2.11. The number of rotatable bonds is 3. The van der Waals surface area contributed by atoms with E-state index in [-0.39, 0.29) is 17.5 Å². The van der Waals surface area contributed by atoms with E-state index in [1.165, 1.54) is 6.08 Å². The molecule has 1 N–H and O–H groups in total. The first-order valence-corrected chi connectivity index (χ1v) is 5.18. The maximum atomic E-state index is 11.6. The van der Waals surface area contributed by atoms with Crippen LogP contribution in [0.3, 0.4) is 0 Å². The van der Waals surface area contributed by atoms with Crippen molar-refractivity contribution < 1.29 is 9.21 Å². The van der Waals surface area contributed by atoms with Crippen molar-refractivity contribution in [3.05, 3.63) is 29.2 Å². The standard InChI is InChI=1S/C12H12N2O2/c1-8-2-5-11(16-8)6-9(7-13)12(15)14-10-3-4-10/h2,5-6,10H,3-4H2,1H3,(H,14,15). The van der Waals surface area contributed by atoms with Gasteiger partial charge in [-0.25, -0.2) is 0 Å². The van der Waals surface area contributed by atoms with Crippen LogP contribution in [0.15, 0.2) is 22.1 Å². The van der Waals surface area contributed by atoms with Crippen LogP contribution in [0.4, 0.5) is 0 Å². The van der Waals surface area contributed by atoms with Crippen molar-refractivity contribution in [2.75, 3.05) is 0 Å². The van der Waals surface area contributed by atoms with Gasteiger partial charge in [0.1, 0.15) is 23.2 Å². The Morgan fingerprint density at radius 3 is 2.88 bits per heavy atom. The smallest absolute Gasteiger partial charge is 0.262 e. The number of aryl methyl sites for hydroxylation is 1. The van der Waals surface area contributed by atoms with Gasteiger partial charge < -0.3 is 9.73 Å². The molecule has 1 fully saturated rings. The lowest BCUT2D eigenvalue weighted by molar-refractivity contribution is -0.117. The highest BCUT2D eigenvalue weighted by atomic mass is 16.3. The zero-order valence-electron chi connectivity index (χ0n) is 8.99. The summed E-state index contributed by atoms with van der Waals surface area (Å²) in [6, 6.07) is 5.66. The maximum absolute atomic E-state index is 11.6. The predicted octanol–water partition coefficient (Wildman–Crippen LogP) is 1.77. The average Bonchev–Trinajstić information content (AvgIpc) is 2.97. The highest BCUT2D eigenvalue weighted by Crippen LogP contribution is 2.19. The summed E-state index contributed by atoms with van der Waals surface area (Å²) in [6.07, 6.45) is 3.47. The first-order chi connectivity index (χ1) is 7.69. The van der Waals surface area contributed by atoms with E-state index in [9.17, 15) is 4.79 Å². The molecule has 1 aliphatic rings. The van der Waals surface area contributed by atoms with Crippen LogP contribution < -0.4 is 5.32 Å². The van der Waals surface area contributed by atoms with Crippen LogP contribution in [-0.2, 0) is 4.79 Å². The van der Waals surface area contributed by atoms with Gasteiger partial charge in [0.25, 0.3) is 5.91 Å². The second kappa shape index (κ2) is 4.23. The molecular weight excluding hydrogens is 204 g/mol. The summed E-state index contributed by atoms with van der Waals surface area (Å²) in [6.45, 7) is 1.81. The summed E-state index contributed by atoms with van der Waals surface area (Å²) >= 11 is 0. The van der Waals surface area contributed by atoms with E-state index in [4.69, 9.17) is 9.68 Å². The van der Waals surface area contributed by atoms with Crippen LogP contribution in [0.25, 0.3) is 6.08 Å². The third-order valence-corrected chi connectivity index (χ3v) is 2.33. The minimum Gasteiger partial charge on any atom is -0.462 e. The second-order valence-corrected chi connectivity index (χ2v) is 3.87. The lowest BCUT2D eigenvalue weighted by Gasteiger charge is -1.99. The Bertz CT molecular complexity index is 475. The number of nitriles is 1. The summed E-state index contributed by atoms with van der Waals surface area (Å²) in [5, 5.41) is 11.6. The number of amides is 1. The zero-order valence-corrected chi connectivity index (χ0v) is 8.99. The first kappa shape index (κ1) is 10.5. The lowest BCUT2D eigenvalue weighted by atomic mass is 10.2. The molecule has 0 unspecified atom stereocenters. The number of nitrogens with zero attached hydrogens (tertiary/aromatic N) is 1. The second-order valence-electron chi connectivity index (χ2n) is 3.87. The molecule has 16 heavy (non-hydrogen) atoms. The van der Waals surface area contributed by atoms with Gasteiger partial charge in [-0.3, -0.25) is 4.79 Å². The number of furan rings is 1. The molecule has 1 aromatic heterocycles. The minimum absolute atomic E-state index is 0.0845. The number of carbonyl (C=O) groups excluding carboxylic acids is 1. The third kappa shape index (κ3) is 2.51. The SMILES string of the molecule is Cc1ccc(C=C(C#N)C(=O)NC2CC2)o1. The van der Waals surface area contributed by atoms with E-state index in [1.807, 2.05) is 13.0 Å². The molecule has 0 atom stereocenters. The Morgan fingerprint density at radius 1 is 1.62 bits per heavy atom. The topological polar surface area (TPSA) is 66.0 Å². The summed E-state index contributed by atoms with van der Waals surface area (Å²) in [7, 11) is 0. The fourth-order valence-corrected chi connectivity index (χ4v) is 1.31. The van der Waals surface area contributed by atoms with Gasteiger partial charge in [-0.15, -0.1) is 0 Å². The minimum atomic E-state index is -0.320. The quantitative estimate of drug-likeness (QED) is 0.618. The number of hydrogen-bond acceptors (Lipinski definition) is 3. The van der Waals surface area contributed by atoms with Crippen molar-refractivity contribution in [2.24, 2.45) is 0 Å². The molecule has 82 valence electrons. The molecular formula is C12H12N2O2. The molecule has 4 nitrogen and oxygen atoms in total. The number of hydrogen-bond donors (Lipinski definition) is 1. The molecule has 2 rings (SSSR count). The molecule has 0 bridgehead atoms. The van der Waals surface area contributed by atoms with Gasteiger partial charge in [-0.1, -0.05) is 0 Å². The Labute approximate surface area is 93.6 Å². The monoisotopic (exact) mass is 216 g/mol. The van der Waals surface area contributed by atoms with Crippen LogP contribution in [-0.4, -0.2) is 11.9 Å². The van der Waals surface area contributed by atoms with Crippen LogP contribution in [0.2, 0.25) is 0 Å². The van der Waals surface area contributed by atoms with Crippen molar-refractivity contribution in [1.82, 2.24) is 5.32 Å². The van der Waals surface area contributed by atoms with Gasteiger partial charge in [0.15, 0.2) is 0 Å². The van der Waals surface area contributed by atoms with E-state index < -0.39 is 0 Å². The molecule has 0 saturated heterocycles. The van der Waals surface area contributed by atoms with Crippen molar-refractivity contribution >= 4 is 12.0 Å². The number of nitrogens with one attached hydrogen (secondary N) is 1. The average molecular weight is 216 g/mol. The molecule has 4 heteroatoms. The Hall–Kier alpha value is -2.02. The van der Waals surface area contributed by atoms with Crippen LogP contribution in [0.1, 0.15) is 24.4 Å². The zero-order chi connectivity index (χ0) is 11.5. The molecule has 1 saturated carbocycles. The Morgan fingerprint density at radius 2 is 2.38 bits per heavy atom. The summed E-state index contributed by atoms with van der Waals surface area (Å²) < 4.78 is 5.28. The van der Waals surface area contributed by atoms with Crippen LogP contribution >= 0.6 is 0 Å². The largest absolute Gasteiger partial charge is 0.462 e. The molecule has 1 aromatic rings. The fourth-order valence-electron chi connectivity index (χ4n) is 1.31. The van der Waals surface area contributed by atoms with Crippen LogP contribution in [0.5, 0.6) is 0 Å². The summed E-state index contributed by atoms with van der Waals surface area (Å²) in [5.41, 5.74) is 0.0845. The van der Waals surface area contributed by atoms with Crippen molar-refractivity contribution in [3.63, 3.8) is 0 Å². The Kier molecular flexibility index (Phi) is 2.78. The maximum Gasteiger partial charge on any atom is 0.262 e. The first-order valence-electron chi connectivity index (χ1n) is 5.18. The predicted molar refractivity (Wildman–Crippen MR) is 58.2 cm³/mol. The molecule has 1 aliphatic carbocycles. The molecule has 0 aliphatic heterocycles. The van der Waals surface area contributed by atoms with E-state index in [2.05, 4.69) is 5.32 Å². The van der Waals surface area contributed by atoms with Gasteiger partial charge >= 0.3 is 0 Å². The van der Waals surface area contributed by atoms with Gasteiger partial charge in [0.05, 0.1) is 0 Å². The van der Waals surface area contributed by atoms with Gasteiger partial charge in [0.2, 0.25) is 0 Å². The molecule has 1 amide bonds. The van der Waals surface area contributed by atoms with E-state index in [0.29, 0.717) is 5.76 Å². The van der Waals surface area contributed by atoms with Crippen molar-refractivity contribution in [3.8, 4) is 6.07 Å². The van der Waals surface area contributed by atoms with Gasteiger partial charge in [0, 0.05) is 12.1 Å². The van der Waals surface area contributed by atoms with Crippen molar-refractivity contribution in [1.29, 1.82) is 5.26 Å². The molecule has 0 radical (unpaired) electrons. The number of carbonyl (C=O) groups is 1. The van der Waals surface area contributed by atoms with E-state index >= 15 is 0 Å². The molecule has 0 spiro atoms. The van der Waals surface area contributed by atoms with Gasteiger partial charge in [-0.2, -0.15) is 5.26 Å². The van der Waals surface area contributed by atoms with Crippen LogP contribution in [0, 0.1) is 18.3 Å². The fraction of sp³-hybridized carbons (Fsp3) is 0.333. The van der Waals surface area contributed by atoms with E-state index in [1.54, 1.807) is 12.1 Å².